The zero-order valence-corrected chi connectivity index (χ0v) is 37.6. The molecule has 18 heteroatoms. The molecule has 2 saturated heterocycles. The van der Waals surface area contributed by atoms with Crippen molar-refractivity contribution in [2.24, 2.45) is 23.5 Å². The molecule has 0 aromatic rings. The number of cyclic esters (lactones) is 1. The second-order valence-corrected chi connectivity index (χ2v) is 17.6. The second kappa shape index (κ2) is 27.4. The number of esters is 1. The van der Waals surface area contributed by atoms with Crippen LogP contribution in [0.5, 0.6) is 0 Å². The van der Waals surface area contributed by atoms with Crippen molar-refractivity contribution in [3.05, 3.63) is 85.1 Å². The lowest BCUT2D eigenvalue weighted by molar-refractivity contribution is -0.308. The summed E-state index contributed by atoms with van der Waals surface area (Å²) in [5.41, 5.74) is 6.02. The van der Waals surface area contributed by atoms with E-state index >= 15 is 0 Å². The molecule has 0 saturated carbocycles. The predicted molar refractivity (Wildman–Crippen MR) is 237 cm³/mol. The Morgan fingerprint density at radius 2 is 1.23 bits per heavy atom. The summed E-state index contributed by atoms with van der Waals surface area (Å²) in [5.74, 6) is -6.83. The number of carbonyl (C=O) groups excluding carboxylic acids is 1. The minimum absolute atomic E-state index is 0.107. The Balaban J connectivity index is 1.86. The van der Waals surface area contributed by atoms with Gasteiger partial charge in [-0.15, -0.1) is 0 Å². The van der Waals surface area contributed by atoms with Crippen molar-refractivity contribution in [2.75, 3.05) is 0 Å². The van der Waals surface area contributed by atoms with Crippen LogP contribution >= 0.6 is 0 Å². The van der Waals surface area contributed by atoms with Crippen molar-refractivity contribution in [3.8, 4) is 0 Å². The van der Waals surface area contributed by atoms with E-state index in [1.54, 1.807) is 80.7 Å². The number of rotatable bonds is 3. The number of aliphatic carboxylic acids is 1. The van der Waals surface area contributed by atoms with Crippen LogP contribution in [0.4, 0.5) is 0 Å². The molecular formula is C47H73NO17. The van der Waals surface area contributed by atoms with E-state index < -0.39 is 147 Å². The molecule has 0 amide bonds. The molecule has 18 nitrogen and oxygen atoms in total. The minimum atomic E-state index is -2.33. The fourth-order valence-corrected chi connectivity index (χ4v) is 7.97. The van der Waals surface area contributed by atoms with Crippen molar-refractivity contribution in [1.82, 2.24) is 0 Å². The molecule has 65 heavy (non-hydrogen) atoms. The van der Waals surface area contributed by atoms with Gasteiger partial charge in [-0.3, -0.25) is 9.59 Å². The second-order valence-electron chi connectivity index (χ2n) is 17.6. The van der Waals surface area contributed by atoms with Gasteiger partial charge >= 0.3 is 11.9 Å². The maximum absolute atomic E-state index is 12.6. The number of allylic oxidation sites excluding steroid dienone is 12. The number of carboxylic acid groups (broad SMARTS) is 1. The third kappa shape index (κ3) is 18.6. The monoisotopic (exact) mass is 923 g/mol. The lowest BCUT2D eigenvalue weighted by Crippen LogP contribution is -2.61. The van der Waals surface area contributed by atoms with Gasteiger partial charge in [0.25, 0.3) is 0 Å². The van der Waals surface area contributed by atoms with Crippen LogP contribution in [-0.4, -0.2) is 166 Å². The van der Waals surface area contributed by atoms with E-state index in [1.807, 2.05) is 19.1 Å². The van der Waals surface area contributed by atoms with Gasteiger partial charge in [0.2, 0.25) is 0 Å². The molecule has 17 unspecified atom stereocenters. The molecule has 3 rings (SSSR count). The Labute approximate surface area is 381 Å². The highest BCUT2D eigenvalue weighted by Crippen LogP contribution is 2.38. The molecular weight excluding hydrogens is 851 g/mol. The average Bonchev–Trinajstić information content (AvgIpc) is 3.21. The van der Waals surface area contributed by atoms with Crippen LogP contribution in [0.3, 0.4) is 0 Å². The first kappa shape index (κ1) is 55.9. The van der Waals surface area contributed by atoms with E-state index in [-0.39, 0.29) is 31.6 Å². The molecule has 13 N–H and O–H groups in total. The number of carboxylic acids is 1. The zero-order chi connectivity index (χ0) is 48.4. The normalized spacial score (nSPS) is 45.5. The SMILES string of the molecule is CC1/C=C/C=C/C=C/C=C/C=C/C=C/C=C/C(O[C@@H]2O[C@@H](C)C(O)C(N)C2O)CC2OC(O)(CC(O)CC(O)C(O)CCC(O)CC(O)CC(=O)OC(C)C(C)C1O)CC(O)C2C(=O)O. The Hall–Kier alpha value is -3.44. The average molecular weight is 924 g/mol. The largest absolute Gasteiger partial charge is 0.481 e. The summed E-state index contributed by atoms with van der Waals surface area (Å²) in [6.45, 7) is 6.74. The fourth-order valence-electron chi connectivity index (χ4n) is 7.97. The number of ether oxygens (including phenoxy) is 4. The van der Waals surface area contributed by atoms with Crippen molar-refractivity contribution < 1.29 is 84.7 Å². The van der Waals surface area contributed by atoms with E-state index in [9.17, 15) is 65.8 Å². The summed E-state index contributed by atoms with van der Waals surface area (Å²) in [4.78, 5) is 25.1. The molecule has 0 radical (unpaired) electrons. The van der Waals surface area contributed by atoms with Gasteiger partial charge in [-0.25, -0.2) is 0 Å². The molecule has 2 bridgehead atoms. The summed E-state index contributed by atoms with van der Waals surface area (Å²) in [6.07, 6.45) is 3.46. The molecule has 3 heterocycles. The smallest absolute Gasteiger partial charge is 0.311 e. The first-order chi connectivity index (χ1) is 30.6. The van der Waals surface area contributed by atoms with Crippen molar-refractivity contribution >= 4 is 11.9 Å². The number of fused-ring (bicyclic) bond motifs is 2. The van der Waals surface area contributed by atoms with Gasteiger partial charge in [0.05, 0.1) is 79.6 Å². The number of hydrogen-bond donors (Lipinski definition) is 12. The fraction of sp³-hybridized carbons (Fsp3) is 0.660. The van der Waals surface area contributed by atoms with Crippen molar-refractivity contribution in [2.45, 2.75) is 177 Å². The quantitative estimate of drug-likeness (QED) is 0.174. The van der Waals surface area contributed by atoms with E-state index in [0.717, 1.165) is 0 Å². The highest BCUT2D eigenvalue weighted by atomic mass is 16.7. The van der Waals surface area contributed by atoms with Gasteiger partial charge in [-0.2, -0.15) is 0 Å². The number of aliphatic hydroxyl groups excluding tert-OH is 9. The summed E-state index contributed by atoms with van der Waals surface area (Å²) >= 11 is 0. The first-order valence-electron chi connectivity index (χ1n) is 22.3. The van der Waals surface area contributed by atoms with Gasteiger partial charge in [-0.1, -0.05) is 98.9 Å². The predicted octanol–water partition coefficient (Wildman–Crippen LogP) is 0.712. The third-order valence-corrected chi connectivity index (χ3v) is 12.0. The summed E-state index contributed by atoms with van der Waals surface area (Å²) in [7, 11) is 0. The zero-order valence-electron chi connectivity index (χ0n) is 37.6. The number of nitrogens with two attached hydrogens (primary N) is 1. The molecule has 0 aromatic heterocycles. The van der Waals surface area contributed by atoms with Gasteiger partial charge in [0.1, 0.15) is 18.1 Å². The van der Waals surface area contributed by atoms with Crippen LogP contribution in [0, 0.1) is 17.8 Å². The summed E-state index contributed by atoms with van der Waals surface area (Å²) in [5, 5.41) is 118. The Bertz CT molecular complexity index is 1670. The first-order valence-corrected chi connectivity index (χ1v) is 22.3. The molecule has 2 fully saturated rings. The highest BCUT2D eigenvalue weighted by molar-refractivity contribution is 5.71. The third-order valence-electron chi connectivity index (χ3n) is 12.0. The lowest BCUT2D eigenvalue weighted by Gasteiger charge is -2.45. The molecule has 0 aromatic carbocycles. The highest BCUT2D eigenvalue weighted by Gasteiger charge is 2.51. The maximum atomic E-state index is 12.6. The maximum Gasteiger partial charge on any atom is 0.311 e. The van der Waals surface area contributed by atoms with Crippen LogP contribution in [0.1, 0.15) is 79.1 Å². The molecule has 19 atom stereocenters. The van der Waals surface area contributed by atoms with Crippen LogP contribution in [0.25, 0.3) is 0 Å². The van der Waals surface area contributed by atoms with Gasteiger partial charge in [-0.05, 0) is 33.1 Å². The molecule has 3 aliphatic heterocycles. The van der Waals surface area contributed by atoms with Crippen LogP contribution < -0.4 is 5.73 Å². The standard InChI is InChI=1S/C47H73NO17/c1-27-17-15-13-11-9-7-5-6-8-10-12-14-16-18-34(64-46-44(58)41(48)43(57)30(4)63-46)24-38-40(45(59)60)37(54)26-47(61,65-38)25-33(51)22-36(53)35(52)20-19-31(49)21-32(50)23-39(55)62-29(3)28(2)42(27)56/h5-18,27-38,40-44,46,49-54,56-58,61H,19-26,48H2,1-4H3,(H,59,60)/b6-5+,9-7+,10-8+,13-11+,14-12+,17-15+,18-16+/t27?,28?,29?,30-,31?,32?,33?,34?,35?,36?,37?,38?,40?,41?,42?,43?,44?,46-,47?/m0/s1. The Morgan fingerprint density at radius 1 is 0.662 bits per heavy atom. The van der Waals surface area contributed by atoms with E-state index in [2.05, 4.69) is 0 Å². The van der Waals surface area contributed by atoms with Gasteiger partial charge in [0.15, 0.2) is 12.1 Å². The molecule has 368 valence electrons. The van der Waals surface area contributed by atoms with Gasteiger partial charge < -0.3 is 80.9 Å². The summed E-state index contributed by atoms with van der Waals surface area (Å²) < 4.78 is 23.1. The van der Waals surface area contributed by atoms with E-state index in [1.165, 1.54) is 13.0 Å². The van der Waals surface area contributed by atoms with E-state index in [4.69, 9.17) is 24.7 Å². The van der Waals surface area contributed by atoms with E-state index in [0.29, 0.717) is 0 Å². The number of carbonyl (C=O) groups is 2. The molecule has 3 aliphatic rings. The Morgan fingerprint density at radius 3 is 1.82 bits per heavy atom. The summed E-state index contributed by atoms with van der Waals surface area (Å²) in [6, 6.07) is -1.15. The van der Waals surface area contributed by atoms with Crippen LogP contribution in [0.15, 0.2) is 85.1 Å². The van der Waals surface area contributed by atoms with Crippen LogP contribution in [0.2, 0.25) is 0 Å². The van der Waals surface area contributed by atoms with Crippen LogP contribution in [-0.2, 0) is 28.5 Å². The lowest BCUT2D eigenvalue weighted by atomic mass is 9.82. The topological polar surface area (TPSA) is 320 Å². The molecule has 0 spiro atoms. The minimum Gasteiger partial charge on any atom is -0.481 e. The Kier molecular flexibility index (Phi) is 23.6. The van der Waals surface area contributed by atoms with Crippen molar-refractivity contribution in [3.63, 3.8) is 0 Å². The number of aliphatic hydroxyl groups is 10. The van der Waals surface area contributed by atoms with Crippen molar-refractivity contribution in [1.29, 1.82) is 0 Å². The van der Waals surface area contributed by atoms with Gasteiger partial charge in [0, 0.05) is 37.5 Å². The molecule has 0 aliphatic carbocycles. The number of hydrogen-bond acceptors (Lipinski definition) is 17.